The number of aryl methyl sites for hydroxylation is 2. The highest BCUT2D eigenvalue weighted by Crippen LogP contribution is 2.35. The third-order valence-electron chi connectivity index (χ3n) is 5.87. The summed E-state index contributed by atoms with van der Waals surface area (Å²) in [6, 6.07) is 15.9. The predicted octanol–water partition coefficient (Wildman–Crippen LogP) is 4.85. The first-order chi connectivity index (χ1) is 14.6. The first kappa shape index (κ1) is 22.2. The number of hydrogen-bond acceptors (Lipinski definition) is 4. The molecule has 0 spiro atoms. The minimum absolute atomic E-state index is 0.250. The SMILES string of the molecule is CSCCCn1c(Cc2ccccc2)nc2c3c(ccc21)N(C)C(C)CC3.O=CO. The molecule has 0 amide bonds. The van der Waals surface area contributed by atoms with Crippen molar-refractivity contribution < 1.29 is 9.90 Å². The Labute approximate surface area is 183 Å². The van der Waals surface area contributed by atoms with Crippen LogP contribution in [0.5, 0.6) is 0 Å². The van der Waals surface area contributed by atoms with Gasteiger partial charge in [0.05, 0.1) is 11.0 Å². The van der Waals surface area contributed by atoms with Crippen LogP contribution in [0.25, 0.3) is 11.0 Å². The molecule has 1 atom stereocenters. The fourth-order valence-corrected chi connectivity index (χ4v) is 4.59. The lowest BCUT2D eigenvalue weighted by molar-refractivity contribution is -0.122. The van der Waals surface area contributed by atoms with Crippen LogP contribution in [0.4, 0.5) is 5.69 Å². The summed E-state index contributed by atoms with van der Waals surface area (Å²) < 4.78 is 2.47. The van der Waals surface area contributed by atoms with Gasteiger partial charge in [0.1, 0.15) is 5.82 Å². The first-order valence-corrected chi connectivity index (χ1v) is 11.8. The average Bonchev–Trinajstić information content (AvgIpc) is 3.09. The zero-order valence-corrected chi connectivity index (χ0v) is 18.9. The number of thioether (sulfide) groups is 1. The molecule has 2 aromatic carbocycles. The van der Waals surface area contributed by atoms with Gasteiger partial charge in [0, 0.05) is 37.3 Å². The maximum atomic E-state index is 8.36. The summed E-state index contributed by atoms with van der Waals surface area (Å²) >= 11 is 1.92. The van der Waals surface area contributed by atoms with Crippen LogP contribution in [0.1, 0.15) is 36.7 Å². The molecule has 4 rings (SSSR count). The summed E-state index contributed by atoms with van der Waals surface area (Å²) in [5.41, 5.74) is 6.66. The second kappa shape index (κ2) is 10.5. The first-order valence-electron chi connectivity index (χ1n) is 10.4. The molecular weight excluding hydrogens is 394 g/mol. The second-order valence-electron chi connectivity index (χ2n) is 7.72. The van der Waals surface area contributed by atoms with Crippen LogP contribution in [-0.4, -0.2) is 46.2 Å². The van der Waals surface area contributed by atoms with Crippen molar-refractivity contribution in [3.05, 3.63) is 59.4 Å². The molecule has 0 bridgehead atoms. The standard InChI is InChI=1S/C23H29N3S.CH2O2/c1-17-10-11-19-20(25(17)2)12-13-21-23(19)24-22(26(21)14-7-15-27-3)16-18-8-5-4-6-9-18;2-1-3/h4-6,8-9,12-13,17H,7,10-11,14-16H2,1-3H3;1H,(H,2,3). The molecule has 1 aliphatic heterocycles. The maximum absolute atomic E-state index is 8.36. The minimum atomic E-state index is -0.250. The van der Waals surface area contributed by atoms with E-state index in [1.165, 1.54) is 52.3 Å². The van der Waals surface area contributed by atoms with E-state index >= 15 is 0 Å². The van der Waals surface area contributed by atoms with Gasteiger partial charge in [0.2, 0.25) is 0 Å². The van der Waals surface area contributed by atoms with Crippen LogP contribution in [0.2, 0.25) is 0 Å². The number of aromatic nitrogens is 2. The summed E-state index contributed by atoms with van der Waals surface area (Å²) in [6.07, 6.45) is 6.60. The van der Waals surface area contributed by atoms with E-state index in [-0.39, 0.29) is 6.47 Å². The van der Waals surface area contributed by atoms with E-state index in [0.29, 0.717) is 6.04 Å². The van der Waals surface area contributed by atoms with Gasteiger partial charge in [-0.2, -0.15) is 11.8 Å². The molecule has 6 heteroatoms. The fraction of sp³-hybridized carbons (Fsp3) is 0.417. The molecule has 0 aliphatic carbocycles. The monoisotopic (exact) mass is 425 g/mol. The zero-order valence-electron chi connectivity index (χ0n) is 18.0. The number of anilines is 1. The van der Waals surface area contributed by atoms with Crippen molar-refractivity contribution in [2.24, 2.45) is 0 Å². The van der Waals surface area contributed by atoms with Gasteiger partial charge in [-0.05, 0) is 55.9 Å². The molecule has 30 heavy (non-hydrogen) atoms. The van der Waals surface area contributed by atoms with E-state index in [0.717, 1.165) is 19.4 Å². The van der Waals surface area contributed by atoms with E-state index in [1.54, 1.807) is 0 Å². The Morgan fingerprint density at radius 3 is 2.67 bits per heavy atom. The van der Waals surface area contributed by atoms with Gasteiger partial charge in [0.15, 0.2) is 0 Å². The van der Waals surface area contributed by atoms with E-state index in [2.05, 4.69) is 72.2 Å². The van der Waals surface area contributed by atoms with Crippen LogP contribution < -0.4 is 4.90 Å². The number of benzene rings is 2. The van der Waals surface area contributed by atoms with Gasteiger partial charge in [-0.15, -0.1) is 0 Å². The van der Waals surface area contributed by atoms with Crippen molar-refractivity contribution in [2.45, 2.75) is 45.2 Å². The van der Waals surface area contributed by atoms with Crippen molar-refractivity contribution in [1.82, 2.24) is 9.55 Å². The van der Waals surface area contributed by atoms with Gasteiger partial charge in [-0.1, -0.05) is 30.3 Å². The molecule has 1 N–H and O–H groups in total. The van der Waals surface area contributed by atoms with Crippen LogP contribution in [0.15, 0.2) is 42.5 Å². The molecule has 1 aromatic heterocycles. The highest BCUT2D eigenvalue weighted by Gasteiger charge is 2.24. The number of carbonyl (C=O) groups is 1. The predicted molar refractivity (Wildman–Crippen MR) is 127 cm³/mol. The molecule has 0 saturated heterocycles. The fourth-order valence-electron chi connectivity index (χ4n) is 4.18. The summed E-state index contributed by atoms with van der Waals surface area (Å²) in [7, 11) is 2.22. The van der Waals surface area contributed by atoms with Crippen molar-refractivity contribution in [2.75, 3.05) is 24.0 Å². The van der Waals surface area contributed by atoms with Gasteiger partial charge >= 0.3 is 0 Å². The van der Waals surface area contributed by atoms with Crippen molar-refractivity contribution >= 4 is 35.0 Å². The van der Waals surface area contributed by atoms with Crippen molar-refractivity contribution in [1.29, 1.82) is 0 Å². The summed E-state index contributed by atoms with van der Waals surface area (Å²) in [4.78, 5) is 16.0. The molecule has 160 valence electrons. The lowest BCUT2D eigenvalue weighted by atomic mass is 9.96. The molecule has 2 heterocycles. The van der Waals surface area contributed by atoms with Crippen molar-refractivity contribution in [3.8, 4) is 0 Å². The lowest BCUT2D eigenvalue weighted by Crippen LogP contribution is -2.33. The highest BCUT2D eigenvalue weighted by molar-refractivity contribution is 7.98. The van der Waals surface area contributed by atoms with Gasteiger partial charge in [0.25, 0.3) is 6.47 Å². The summed E-state index contributed by atoms with van der Waals surface area (Å²) in [5.74, 6) is 2.39. The maximum Gasteiger partial charge on any atom is 0.290 e. The van der Waals surface area contributed by atoms with E-state index in [1.807, 2.05) is 11.8 Å². The number of hydrogen-bond donors (Lipinski definition) is 1. The molecule has 0 saturated carbocycles. The smallest absolute Gasteiger partial charge is 0.290 e. The molecule has 3 aromatic rings. The Morgan fingerprint density at radius 2 is 1.97 bits per heavy atom. The summed E-state index contributed by atoms with van der Waals surface area (Å²) in [6.45, 7) is 3.11. The zero-order chi connectivity index (χ0) is 21.5. The lowest BCUT2D eigenvalue weighted by Gasteiger charge is -2.33. The molecule has 5 nitrogen and oxygen atoms in total. The third-order valence-corrected chi connectivity index (χ3v) is 6.57. The Balaban J connectivity index is 0.000000806. The average molecular weight is 426 g/mol. The minimum Gasteiger partial charge on any atom is -0.483 e. The van der Waals surface area contributed by atoms with Gasteiger partial charge in [-0.3, -0.25) is 4.79 Å². The van der Waals surface area contributed by atoms with E-state index < -0.39 is 0 Å². The second-order valence-corrected chi connectivity index (χ2v) is 8.71. The normalized spacial score (nSPS) is 15.4. The number of nitrogens with zero attached hydrogens (tertiary/aromatic N) is 3. The number of imidazole rings is 1. The van der Waals surface area contributed by atoms with Crippen molar-refractivity contribution in [3.63, 3.8) is 0 Å². The Bertz CT molecular complexity index is 971. The summed E-state index contributed by atoms with van der Waals surface area (Å²) in [5, 5.41) is 6.89. The highest BCUT2D eigenvalue weighted by atomic mass is 32.2. The molecular formula is C24H31N3O2S. The Kier molecular flexibility index (Phi) is 7.80. The van der Waals surface area contributed by atoms with Crippen LogP contribution >= 0.6 is 11.8 Å². The van der Waals surface area contributed by atoms with Crippen LogP contribution in [0.3, 0.4) is 0 Å². The quantitative estimate of drug-likeness (QED) is 0.452. The number of rotatable bonds is 6. The van der Waals surface area contributed by atoms with Crippen LogP contribution in [0, 0.1) is 0 Å². The van der Waals surface area contributed by atoms with Gasteiger partial charge < -0.3 is 14.6 Å². The number of fused-ring (bicyclic) bond motifs is 3. The topological polar surface area (TPSA) is 58.4 Å². The van der Waals surface area contributed by atoms with Crippen LogP contribution in [-0.2, 0) is 24.2 Å². The molecule has 1 unspecified atom stereocenters. The Morgan fingerprint density at radius 1 is 1.23 bits per heavy atom. The third kappa shape index (κ3) is 4.81. The molecule has 0 fully saturated rings. The molecule has 0 radical (unpaired) electrons. The number of carboxylic acid groups (broad SMARTS) is 1. The Hall–Kier alpha value is -2.47. The molecule has 1 aliphatic rings. The van der Waals surface area contributed by atoms with Gasteiger partial charge in [-0.25, -0.2) is 4.98 Å². The largest absolute Gasteiger partial charge is 0.483 e. The van der Waals surface area contributed by atoms with E-state index in [4.69, 9.17) is 14.9 Å². The van der Waals surface area contributed by atoms with E-state index in [9.17, 15) is 0 Å².